The molecule has 3 rings (SSSR count). The first-order valence-electron chi connectivity index (χ1n) is 9.31. The average molecular weight is 395 g/mol. The number of carbonyl (C=O) groups excluding carboxylic acids is 2. The van der Waals surface area contributed by atoms with Crippen LogP contribution in [0.4, 0.5) is 4.39 Å². The highest BCUT2D eigenvalue weighted by atomic mass is 19.1. The lowest BCUT2D eigenvalue weighted by molar-refractivity contribution is -0.137. The van der Waals surface area contributed by atoms with E-state index in [2.05, 4.69) is 10.3 Å². The second-order valence-corrected chi connectivity index (χ2v) is 6.88. The zero-order valence-corrected chi connectivity index (χ0v) is 15.7. The molecular formula is C19H26FN3O5. The van der Waals surface area contributed by atoms with Crippen LogP contribution in [-0.2, 0) is 14.3 Å². The van der Waals surface area contributed by atoms with Gasteiger partial charge in [-0.2, -0.15) is 0 Å². The normalized spacial score (nSPS) is 23.6. The van der Waals surface area contributed by atoms with Gasteiger partial charge in [0.1, 0.15) is 0 Å². The number of rotatable bonds is 5. The smallest absolute Gasteiger partial charge is 0.290 e. The minimum atomic E-state index is -0.619. The summed E-state index contributed by atoms with van der Waals surface area (Å²) in [5.74, 6) is -0.308. The number of ether oxygens (including phenoxy) is 1. The molecule has 0 saturated carbocycles. The highest BCUT2D eigenvalue weighted by Gasteiger charge is 2.44. The summed E-state index contributed by atoms with van der Waals surface area (Å²) in [6, 6.07) is 3.44. The third-order valence-corrected chi connectivity index (χ3v) is 4.97. The summed E-state index contributed by atoms with van der Waals surface area (Å²) in [5.41, 5.74) is 0.186. The lowest BCUT2D eigenvalue weighted by atomic mass is 9.90. The van der Waals surface area contributed by atoms with Crippen molar-refractivity contribution in [1.82, 2.24) is 15.2 Å². The van der Waals surface area contributed by atoms with E-state index in [0.717, 1.165) is 25.7 Å². The average Bonchev–Trinajstić information content (AvgIpc) is 3.11. The molecule has 2 aliphatic heterocycles. The molecule has 154 valence electrons. The molecule has 2 aliphatic rings. The highest BCUT2D eigenvalue weighted by Crippen LogP contribution is 2.36. The number of amides is 2. The number of carboxylic acid groups (broad SMARTS) is 1. The molecule has 1 aromatic rings. The molecule has 1 spiro atoms. The fraction of sp³-hybridized carbons (Fsp3) is 0.579. The maximum Gasteiger partial charge on any atom is 0.290 e. The van der Waals surface area contributed by atoms with Gasteiger partial charge in [-0.05, 0) is 37.8 Å². The van der Waals surface area contributed by atoms with Crippen LogP contribution in [-0.4, -0.2) is 71.3 Å². The van der Waals surface area contributed by atoms with Gasteiger partial charge in [0.05, 0.1) is 30.4 Å². The van der Waals surface area contributed by atoms with Crippen molar-refractivity contribution >= 4 is 18.3 Å². The van der Waals surface area contributed by atoms with Crippen molar-refractivity contribution in [3.63, 3.8) is 0 Å². The van der Waals surface area contributed by atoms with E-state index in [1.807, 2.05) is 0 Å². The van der Waals surface area contributed by atoms with E-state index in [-0.39, 0.29) is 36.4 Å². The number of nitrogens with zero attached hydrogens (tertiary/aromatic N) is 2. The number of pyridine rings is 1. The monoisotopic (exact) mass is 395 g/mol. The SMILES string of the molecule is O=C(NC[C@H]1CCC[C@]2(CCN(C(=O)CCF)C2)O1)c1cccnc1.O=CO. The van der Waals surface area contributed by atoms with E-state index in [4.69, 9.17) is 14.6 Å². The molecule has 0 aliphatic carbocycles. The molecule has 2 saturated heterocycles. The van der Waals surface area contributed by atoms with Gasteiger partial charge in [-0.1, -0.05) is 0 Å². The van der Waals surface area contributed by atoms with Crippen molar-refractivity contribution in [2.45, 2.75) is 43.8 Å². The van der Waals surface area contributed by atoms with Gasteiger partial charge < -0.3 is 20.1 Å². The quantitative estimate of drug-likeness (QED) is 0.730. The van der Waals surface area contributed by atoms with Crippen LogP contribution in [0, 0.1) is 0 Å². The Hall–Kier alpha value is -2.55. The zero-order valence-electron chi connectivity index (χ0n) is 15.7. The molecule has 2 fully saturated rings. The molecule has 0 aromatic carbocycles. The fourth-order valence-electron chi connectivity index (χ4n) is 3.67. The van der Waals surface area contributed by atoms with Crippen LogP contribution in [0.2, 0.25) is 0 Å². The van der Waals surface area contributed by atoms with Crippen molar-refractivity contribution < 1.29 is 28.6 Å². The first-order valence-corrected chi connectivity index (χ1v) is 9.31. The van der Waals surface area contributed by atoms with Crippen LogP contribution in [0.5, 0.6) is 0 Å². The Kier molecular flexibility index (Phi) is 8.31. The Labute approximate surface area is 163 Å². The summed E-state index contributed by atoms with van der Waals surface area (Å²) in [5, 5.41) is 9.78. The van der Waals surface area contributed by atoms with Crippen LogP contribution < -0.4 is 5.32 Å². The number of carbonyl (C=O) groups is 3. The van der Waals surface area contributed by atoms with Crippen molar-refractivity contribution in [2.75, 3.05) is 26.3 Å². The van der Waals surface area contributed by atoms with Crippen molar-refractivity contribution in [3.05, 3.63) is 30.1 Å². The first-order chi connectivity index (χ1) is 13.5. The predicted octanol–water partition coefficient (Wildman–Crippen LogP) is 1.41. The number of nitrogens with one attached hydrogen (secondary N) is 1. The number of hydrogen-bond acceptors (Lipinski definition) is 5. The number of aromatic nitrogens is 1. The van der Waals surface area contributed by atoms with E-state index < -0.39 is 6.67 Å². The van der Waals surface area contributed by atoms with Crippen LogP contribution in [0.3, 0.4) is 0 Å². The molecule has 0 unspecified atom stereocenters. The highest BCUT2D eigenvalue weighted by molar-refractivity contribution is 5.93. The zero-order chi connectivity index (χ0) is 20.4. The van der Waals surface area contributed by atoms with Gasteiger partial charge in [0.25, 0.3) is 12.4 Å². The summed E-state index contributed by atoms with van der Waals surface area (Å²) >= 11 is 0. The maximum absolute atomic E-state index is 12.4. The number of halogens is 1. The molecule has 0 bridgehead atoms. The topological polar surface area (TPSA) is 109 Å². The number of likely N-dealkylation sites (tertiary alicyclic amines) is 1. The van der Waals surface area contributed by atoms with E-state index in [1.165, 1.54) is 6.20 Å². The van der Waals surface area contributed by atoms with E-state index in [1.54, 1.807) is 23.2 Å². The van der Waals surface area contributed by atoms with E-state index >= 15 is 0 Å². The molecule has 2 N–H and O–H groups in total. The van der Waals surface area contributed by atoms with Gasteiger partial charge in [0.15, 0.2) is 0 Å². The van der Waals surface area contributed by atoms with Crippen molar-refractivity contribution in [1.29, 1.82) is 0 Å². The lowest BCUT2D eigenvalue weighted by Crippen LogP contribution is -2.47. The molecule has 8 nitrogen and oxygen atoms in total. The molecule has 2 amide bonds. The summed E-state index contributed by atoms with van der Waals surface area (Å²) in [4.78, 5) is 38.0. The Bertz CT molecular complexity index is 660. The molecule has 3 heterocycles. The summed E-state index contributed by atoms with van der Waals surface area (Å²) in [6.45, 7) is 0.715. The van der Waals surface area contributed by atoms with Crippen molar-refractivity contribution in [2.24, 2.45) is 0 Å². The summed E-state index contributed by atoms with van der Waals surface area (Å²) < 4.78 is 18.6. The molecule has 1 aromatic heterocycles. The van der Waals surface area contributed by atoms with Crippen molar-refractivity contribution in [3.8, 4) is 0 Å². The Morgan fingerprint density at radius 2 is 2.25 bits per heavy atom. The lowest BCUT2D eigenvalue weighted by Gasteiger charge is -2.38. The molecular weight excluding hydrogens is 369 g/mol. The molecule has 2 atom stereocenters. The second-order valence-electron chi connectivity index (χ2n) is 6.88. The minimum absolute atomic E-state index is 0.0549. The third-order valence-electron chi connectivity index (χ3n) is 4.97. The Balaban J connectivity index is 0.000000878. The second kappa shape index (κ2) is 10.7. The van der Waals surface area contributed by atoms with Gasteiger partial charge in [0, 0.05) is 32.0 Å². The van der Waals surface area contributed by atoms with Gasteiger partial charge in [-0.25, -0.2) is 0 Å². The fourth-order valence-corrected chi connectivity index (χ4v) is 3.67. The molecule has 9 heteroatoms. The Morgan fingerprint density at radius 3 is 2.93 bits per heavy atom. The maximum atomic E-state index is 12.4. The van der Waals surface area contributed by atoms with Gasteiger partial charge in [-0.3, -0.25) is 23.8 Å². The first kappa shape index (κ1) is 21.7. The Morgan fingerprint density at radius 1 is 1.46 bits per heavy atom. The van der Waals surface area contributed by atoms with E-state index in [9.17, 15) is 14.0 Å². The molecule has 0 radical (unpaired) electrons. The van der Waals surface area contributed by atoms with E-state index in [0.29, 0.717) is 25.2 Å². The third kappa shape index (κ3) is 5.98. The predicted molar refractivity (Wildman–Crippen MR) is 98.5 cm³/mol. The largest absolute Gasteiger partial charge is 0.483 e. The van der Waals surface area contributed by atoms with Crippen LogP contribution in [0.25, 0.3) is 0 Å². The van der Waals surface area contributed by atoms with Crippen LogP contribution in [0.1, 0.15) is 42.5 Å². The summed E-state index contributed by atoms with van der Waals surface area (Å²) in [6.07, 6.45) is 6.60. The standard InChI is InChI=1S/C18H24FN3O3.CH2O2/c19-8-5-16(23)22-10-7-18(13-22)6-1-4-15(25-18)12-21-17(24)14-3-2-9-20-11-14;2-1-3/h2-3,9,11,15H,1,4-8,10,12-13H2,(H,21,24);1H,(H,2,3)/t15-,18-;/m1./s1. The van der Waals surface area contributed by atoms with Gasteiger partial charge in [0.2, 0.25) is 5.91 Å². The van der Waals surface area contributed by atoms with Gasteiger partial charge in [-0.15, -0.1) is 0 Å². The number of alkyl halides is 1. The van der Waals surface area contributed by atoms with Gasteiger partial charge >= 0.3 is 0 Å². The minimum Gasteiger partial charge on any atom is -0.483 e. The van der Waals surface area contributed by atoms with Crippen LogP contribution in [0.15, 0.2) is 24.5 Å². The summed E-state index contributed by atoms with van der Waals surface area (Å²) in [7, 11) is 0. The molecule has 28 heavy (non-hydrogen) atoms. The number of hydrogen-bond donors (Lipinski definition) is 2. The van der Waals surface area contributed by atoms with Crippen LogP contribution >= 0.6 is 0 Å².